The molecule has 0 saturated heterocycles. The third-order valence-corrected chi connectivity index (χ3v) is 7.64. The van der Waals surface area contributed by atoms with Gasteiger partial charge >= 0.3 is 12.1 Å². The van der Waals surface area contributed by atoms with E-state index in [4.69, 9.17) is 18.7 Å². The number of hydrogen-bond acceptors (Lipinski definition) is 7. The Balaban J connectivity index is 1.29. The third-order valence-electron chi connectivity index (χ3n) is 7.64. The molecule has 0 spiro atoms. The number of nitrogens with zero attached hydrogens (tertiary/aromatic N) is 2. The second-order valence-electron chi connectivity index (χ2n) is 10.1. The van der Waals surface area contributed by atoms with Crippen molar-refractivity contribution in [2.45, 2.75) is 50.8 Å². The molecule has 0 unspecified atom stereocenters. The summed E-state index contributed by atoms with van der Waals surface area (Å²) >= 11 is 0. The monoisotopic (exact) mass is 564 g/mol. The van der Waals surface area contributed by atoms with Crippen LogP contribution in [-0.4, -0.2) is 29.8 Å². The summed E-state index contributed by atoms with van der Waals surface area (Å²) < 4.78 is 64.6. The Labute approximate surface area is 234 Å². The minimum Gasteiger partial charge on any atom is -0.492 e. The average Bonchev–Trinajstić information content (AvgIpc) is 3.71. The van der Waals surface area contributed by atoms with E-state index < -0.39 is 17.8 Å². The number of aryl methyl sites for hydroxylation is 1. The lowest BCUT2D eigenvalue weighted by atomic mass is 9.91. The summed E-state index contributed by atoms with van der Waals surface area (Å²) in [6, 6.07) is 14.9. The van der Waals surface area contributed by atoms with Gasteiger partial charge in [0.2, 0.25) is 11.7 Å². The van der Waals surface area contributed by atoms with E-state index in [0.29, 0.717) is 65.8 Å². The maximum Gasteiger partial charge on any atom is 0.417 e. The number of ether oxygens (including phenoxy) is 3. The SMILES string of the molecule is CCc1nc(-c2ccc(-c3c(C(F)(F)F)ccc4c3CC[C@H]4Oc3ccc4c(c3)OC[C@H]4CC(=O)OC)cc2)no1. The number of hydrogen-bond donors (Lipinski definition) is 0. The number of aromatic nitrogens is 2. The summed E-state index contributed by atoms with van der Waals surface area (Å²) in [6.07, 6.45) is -3.15. The first kappa shape index (κ1) is 26.9. The van der Waals surface area contributed by atoms with Gasteiger partial charge in [0, 0.05) is 29.5 Å². The van der Waals surface area contributed by atoms with Crippen LogP contribution in [0.3, 0.4) is 0 Å². The van der Waals surface area contributed by atoms with E-state index in [1.165, 1.54) is 13.2 Å². The molecule has 0 amide bonds. The fourth-order valence-corrected chi connectivity index (χ4v) is 5.60. The second kappa shape index (κ2) is 10.6. The van der Waals surface area contributed by atoms with Gasteiger partial charge in [-0.25, -0.2) is 0 Å². The van der Waals surface area contributed by atoms with E-state index in [-0.39, 0.29) is 23.9 Å². The van der Waals surface area contributed by atoms with E-state index >= 15 is 0 Å². The minimum atomic E-state index is -4.52. The molecule has 0 fully saturated rings. The number of rotatable bonds is 7. The van der Waals surface area contributed by atoms with Gasteiger partial charge in [-0.2, -0.15) is 18.2 Å². The van der Waals surface area contributed by atoms with Crippen molar-refractivity contribution < 1.29 is 36.7 Å². The van der Waals surface area contributed by atoms with Gasteiger partial charge in [-0.1, -0.05) is 48.5 Å². The van der Waals surface area contributed by atoms with Crippen molar-refractivity contribution in [2.75, 3.05) is 13.7 Å². The normalized spacial score (nSPS) is 17.6. The van der Waals surface area contributed by atoms with Gasteiger partial charge in [-0.3, -0.25) is 4.79 Å². The maximum absolute atomic E-state index is 14.2. The van der Waals surface area contributed by atoms with Crippen molar-refractivity contribution in [1.82, 2.24) is 10.1 Å². The molecule has 1 aromatic heterocycles. The molecule has 3 aromatic carbocycles. The van der Waals surface area contributed by atoms with Gasteiger partial charge < -0.3 is 18.7 Å². The molecule has 0 radical (unpaired) electrons. The van der Waals surface area contributed by atoms with Gasteiger partial charge in [-0.15, -0.1) is 0 Å². The molecule has 212 valence electrons. The molecule has 1 aliphatic heterocycles. The van der Waals surface area contributed by atoms with Crippen LogP contribution < -0.4 is 9.47 Å². The molecular weight excluding hydrogens is 537 g/mol. The predicted octanol–water partition coefficient (Wildman–Crippen LogP) is 7.09. The largest absolute Gasteiger partial charge is 0.492 e. The van der Waals surface area contributed by atoms with E-state index in [1.807, 2.05) is 13.0 Å². The van der Waals surface area contributed by atoms with Gasteiger partial charge in [0.1, 0.15) is 17.6 Å². The lowest BCUT2D eigenvalue weighted by Crippen LogP contribution is -2.10. The van der Waals surface area contributed by atoms with Gasteiger partial charge in [0.25, 0.3) is 0 Å². The van der Waals surface area contributed by atoms with Crippen LogP contribution in [0, 0.1) is 0 Å². The Morgan fingerprint density at radius 3 is 2.51 bits per heavy atom. The highest BCUT2D eigenvalue weighted by molar-refractivity contribution is 5.76. The maximum atomic E-state index is 14.2. The van der Waals surface area contributed by atoms with Crippen LogP contribution >= 0.6 is 0 Å². The first-order chi connectivity index (χ1) is 19.7. The van der Waals surface area contributed by atoms with E-state index in [9.17, 15) is 18.0 Å². The Morgan fingerprint density at radius 1 is 1.05 bits per heavy atom. The number of alkyl halides is 3. The van der Waals surface area contributed by atoms with Gasteiger partial charge in [-0.05, 0) is 47.2 Å². The first-order valence-electron chi connectivity index (χ1n) is 13.4. The quantitative estimate of drug-likeness (QED) is 0.222. The molecule has 2 atom stereocenters. The molecule has 2 heterocycles. The lowest BCUT2D eigenvalue weighted by Gasteiger charge is -2.20. The number of esters is 1. The Hall–Kier alpha value is -4.34. The number of carbonyl (C=O) groups excluding carboxylic acids is 1. The molecule has 0 N–H and O–H groups in total. The summed E-state index contributed by atoms with van der Waals surface area (Å²) in [5, 5.41) is 3.95. The van der Waals surface area contributed by atoms with Crippen LogP contribution in [0.1, 0.15) is 59.9 Å². The van der Waals surface area contributed by atoms with Crippen LogP contribution in [-0.2, 0) is 28.5 Å². The van der Waals surface area contributed by atoms with Crippen LogP contribution in [0.15, 0.2) is 59.1 Å². The van der Waals surface area contributed by atoms with Crippen LogP contribution in [0.5, 0.6) is 11.5 Å². The topological polar surface area (TPSA) is 83.7 Å². The summed E-state index contributed by atoms with van der Waals surface area (Å²) in [4.78, 5) is 16.0. The highest BCUT2D eigenvalue weighted by Gasteiger charge is 2.38. The minimum absolute atomic E-state index is 0.0952. The van der Waals surface area contributed by atoms with E-state index in [2.05, 4.69) is 10.1 Å². The molecule has 41 heavy (non-hydrogen) atoms. The Kier molecular flexibility index (Phi) is 6.93. The van der Waals surface area contributed by atoms with E-state index in [1.54, 1.807) is 36.4 Å². The molecule has 4 aromatic rings. The predicted molar refractivity (Wildman–Crippen MR) is 143 cm³/mol. The Morgan fingerprint density at radius 2 is 1.80 bits per heavy atom. The molecule has 0 bridgehead atoms. The number of halogens is 3. The van der Waals surface area contributed by atoms with Crippen LogP contribution in [0.4, 0.5) is 13.2 Å². The van der Waals surface area contributed by atoms with Crippen LogP contribution in [0.2, 0.25) is 0 Å². The zero-order valence-corrected chi connectivity index (χ0v) is 22.5. The summed E-state index contributed by atoms with van der Waals surface area (Å²) in [5.41, 5.74) is 2.86. The van der Waals surface area contributed by atoms with Gasteiger partial charge in [0.15, 0.2) is 0 Å². The molecule has 10 heteroatoms. The second-order valence-corrected chi connectivity index (χ2v) is 10.1. The zero-order chi connectivity index (χ0) is 28.7. The molecule has 2 aliphatic rings. The average molecular weight is 565 g/mol. The highest BCUT2D eigenvalue weighted by atomic mass is 19.4. The number of carbonyl (C=O) groups is 1. The van der Waals surface area contributed by atoms with Gasteiger partial charge in [0.05, 0.1) is 25.7 Å². The van der Waals surface area contributed by atoms with Crippen molar-refractivity contribution in [1.29, 1.82) is 0 Å². The molecule has 6 rings (SSSR count). The number of benzene rings is 3. The number of methoxy groups -OCH3 is 1. The lowest BCUT2D eigenvalue weighted by molar-refractivity contribution is -0.141. The summed E-state index contributed by atoms with van der Waals surface area (Å²) in [6.45, 7) is 2.27. The Bertz CT molecular complexity index is 1600. The molecule has 0 saturated carbocycles. The first-order valence-corrected chi connectivity index (χ1v) is 13.4. The smallest absolute Gasteiger partial charge is 0.417 e. The fraction of sp³-hybridized carbons (Fsp3) is 0.323. The summed E-state index contributed by atoms with van der Waals surface area (Å²) in [5.74, 6) is 1.67. The van der Waals surface area contributed by atoms with Crippen molar-refractivity contribution >= 4 is 5.97 Å². The molecule has 7 nitrogen and oxygen atoms in total. The zero-order valence-electron chi connectivity index (χ0n) is 22.5. The van der Waals surface area contributed by atoms with Crippen LogP contribution in [0.25, 0.3) is 22.5 Å². The standard InChI is InChI=1S/C31H27F3N2O5/c1-3-27-35-30(36-41-27)18-6-4-17(5-7-18)29-23-11-13-25(22(23)10-12-24(29)31(32,33)34)40-20-8-9-21-19(14-28(37)38-2)16-39-26(21)15-20/h4-10,12,15,19,25H,3,11,13-14,16H2,1-2H3/t19-,25-/m1/s1. The number of fused-ring (bicyclic) bond motifs is 2. The summed E-state index contributed by atoms with van der Waals surface area (Å²) in [7, 11) is 1.35. The van der Waals surface area contributed by atoms with Crippen molar-refractivity contribution in [3.05, 3.63) is 82.7 Å². The third kappa shape index (κ3) is 5.14. The van der Waals surface area contributed by atoms with Crippen molar-refractivity contribution in [2.24, 2.45) is 0 Å². The molecule has 1 aliphatic carbocycles. The fourth-order valence-electron chi connectivity index (χ4n) is 5.60. The molecular formula is C31H27F3N2O5. The van der Waals surface area contributed by atoms with Crippen molar-refractivity contribution in [3.8, 4) is 34.0 Å². The van der Waals surface area contributed by atoms with Crippen molar-refractivity contribution in [3.63, 3.8) is 0 Å². The highest BCUT2D eigenvalue weighted by Crippen LogP contribution is 2.47. The van der Waals surface area contributed by atoms with E-state index in [0.717, 1.165) is 17.2 Å².